The van der Waals surface area contributed by atoms with Crippen LogP contribution in [0, 0.1) is 17.8 Å². The molecule has 5 nitrogen and oxygen atoms in total. The monoisotopic (exact) mass is 335 g/mol. The standard InChI is InChI=1S/C19H33N3O2/c1-14-5-8-21(9-6-14)12-18(23)22-11-16-15(10-20(2)3)17-4-7-19(16,13-22)24-17/h14-17H,4-13H2,1-3H3/t15-,16+,17+,19+/m0/s1. The molecule has 4 aliphatic rings. The fourth-order valence-corrected chi connectivity index (χ4v) is 5.56. The SMILES string of the molecule is CC1CCN(CC(=O)N2C[C@@H]3[C@H](CN(C)C)[C@H]4CC[C@]3(C2)O4)CC1. The summed E-state index contributed by atoms with van der Waals surface area (Å²) in [7, 11) is 4.29. The Balaban J connectivity index is 1.38. The fraction of sp³-hybridized carbons (Fsp3) is 0.947. The van der Waals surface area contributed by atoms with Gasteiger partial charge in [-0.2, -0.15) is 0 Å². The zero-order valence-electron chi connectivity index (χ0n) is 15.5. The predicted octanol–water partition coefficient (Wildman–Crippen LogP) is 1.29. The van der Waals surface area contributed by atoms with Crippen LogP contribution in [0.5, 0.6) is 0 Å². The number of hydrogen-bond acceptors (Lipinski definition) is 4. The van der Waals surface area contributed by atoms with Crippen molar-refractivity contribution >= 4 is 5.91 Å². The lowest BCUT2D eigenvalue weighted by atomic mass is 9.73. The van der Waals surface area contributed by atoms with Gasteiger partial charge in [0.1, 0.15) is 0 Å². The number of fused-ring (bicyclic) bond motifs is 1. The van der Waals surface area contributed by atoms with Gasteiger partial charge in [0.25, 0.3) is 0 Å². The topological polar surface area (TPSA) is 36.0 Å². The second-order valence-electron chi connectivity index (χ2n) is 9.03. The van der Waals surface area contributed by atoms with E-state index in [-0.39, 0.29) is 5.60 Å². The smallest absolute Gasteiger partial charge is 0.236 e. The third-order valence-corrected chi connectivity index (χ3v) is 6.95. The summed E-state index contributed by atoms with van der Waals surface area (Å²) in [6.07, 6.45) is 5.22. The van der Waals surface area contributed by atoms with Gasteiger partial charge in [-0.05, 0) is 58.8 Å². The Labute approximate surface area is 146 Å². The quantitative estimate of drug-likeness (QED) is 0.776. The van der Waals surface area contributed by atoms with Crippen molar-refractivity contribution in [1.82, 2.24) is 14.7 Å². The molecule has 0 aromatic heterocycles. The summed E-state index contributed by atoms with van der Waals surface area (Å²) in [5, 5.41) is 0. The number of amides is 1. The molecule has 5 heteroatoms. The molecule has 0 aromatic rings. The Kier molecular flexibility index (Phi) is 4.38. The highest BCUT2D eigenvalue weighted by molar-refractivity contribution is 5.79. The predicted molar refractivity (Wildman–Crippen MR) is 93.8 cm³/mol. The van der Waals surface area contributed by atoms with E-state index in [2.05, 4.69) is 35.7 Å². The average Bonchev–Trinajstić information content (AvgIpc) is 3.19. The summed E-state index contributed by atoms with van der Waals surface area (Å²) in [6.45, 7) is 7.92. The molecule has 0 aliphatic carbocycles. The maximum absolute atomic E-state index is 12.8. The third kappa shape index (κ3) is 2.89. The number of piperidine rings is 1. The average molecular weight is 335 g/mol. The van der Waals surface area contributed by atoms with Crippen molar-refractivity contribution in [2.75, 3.05) is 53.4 Å². The van der Waals surface area contributed by atoms with Gasteiger partial charge in [0.15, 0.2) is 0 Å². The Hall–Kier alpha value is -0.650. The molecule has 4 rings (SSSR count). The van der Waals surface area contributed by atoms with E-state index in [9.17, 15) is 4.79 Å². The lowest BCUT2D eigenvalue weighted by Gasteiger charge is -2.31. The summed E-state index contributed by atoms with van der Waals surface area (Å²) in [5.74, 6) is 2.28. The van der Waals surface area contributed by atoms with Crippen LogP contribution in [-0.2, 0) is 9.53 Å². The van der Waals surface area contributed by atoms with E-state index in [0.29, 0.717) is 30.4 Å². The number of carbonyl (C=O) groups excluding carboxylic acids is 1. The lowest BCUT2D eigenvalue weighted by Crippen LogP contribution is -2.44. The molecule has 0 N–H and O–H groups in total. The van der Waals surface area contributed by atoms with E-state index in [1.54, 1.807) is 0 Å². The van der Waals surface area contributed by atoms with E-state index >= 15 is 0 Å². The Morgan fingerprint density at radius 2 is 2.00 bits per heavy atom. The molecule has 4 fully saturated rings. The second kappa shape index (κ2) is 6.26. The van der Waals surface area contributed by atoms with Gasteiger partial charge >= 0.3 is 0 Å². The minimum Gasteiger partial charge on any atom is -0.369 e. The molecule has 1 amide bonds. The number of rotatable bonds is 4. The van der Waals surface area contributed by atoms with Crippen molar-refractivity contribution in [3.8, 4) is 0 Å². The molecule has 4 heterocycles. The molecule has 4 saturated heterocycles. The number of ether oxygens (including phenoxy) is 1. The van der Waals surface area contributed by atoms with E-state index in [1.165, 1.54) is 19.3 Å². The van der Waals surface area contributed by atoms with Crippen LogP contribution in [-0.4, -0.2) is 85.7 Å². The minimum atomic E-state index is -0.0165. The van der Waals surface area contributed by atoms with Gasteiger partial charge in [0.05, 0.1) is 24.8 Å². The maximum Gasteiger partial charge on any atom is 0.236 e. The minimum absolute atomic E-state index is 0.0165. The molecule has 4 aliphatic heterocycles. The van der Waals surface area contributed by atoms with Crippen LogP contribution < -0.4 is 0 Å². The first-order chi connectivity index (χ1) is 11.5. The molecular weight excluding hydrogens is 302 g/mol. The van der Waals surface area contributed by atoms with Gasteiger partial charge in [0, 0.05) is 24.9 Å². The molecule has 4 atom stereocenters. The number of carbonyl (C=O) groups is 1. The van der Waals surface area contributed by atoms with E-state index < -0.39 is 0 Å². The van der Waals surface area contributed by atoms with Crippen LogP contribution in [0.25, 0.3) is 0 Å². The van der Waals surface area contributed by atoms with Gasteiger partial charge in [-0.1, -0.05) is 6.92 Å². The highest BCUT2D eigenvalue weighted by Crippen LogP contribution is 2.54. The van der Waals surface area contributed by atoms with Crippen LogP contribution in [0.15, 0.2) is 0 Å². The Morgan fingerprint density at radius 3 is 2.71 bits per heavy atom. The van der Waals surface area contributed by atoms with Gasteiger partial charge in [-0.15, -0.1) is 0 Å². The van der Waals surface area contributed by atoms with E-state index in [1.807, 2.05) is 0 Å². The number of hydrogen-bond donors (Lipinski definition) is 0. The van der Waals surface area contributed by atoms with Gasteiger partial charge in [-0.3, -0.25) is 9.69 Å². The summed E-state index contributed by atoms with van der Waals surface area (Å²) in [4.78, 5) is 19.6. The van der Waals surface area contributed by atoms with E-state index in [0.717, 1.165) is 45.1 Å². The largest absolute Gasteiger partial charge is 0.369 e. The van der Waals surface area contributed by atoms with Crippen LogP contribution in [0.3, 0.4) is 0 Å². The molecular formula is C19H33N3O2. The van der Waals surface area contributed by atoms with Crippen molar-refractivity contribution < 1.29 is 9.53 Å². The first kappa shape index (κ1) is 16.8. The summed E-state index contributed by atoms with van der Waals surface area (Å²) < 4.78 is 6.45. The van der Waals surface area contributed by atoms with Gasteiger partial charge in [-0.25, -0.2) is 0 Å². The number of likely N-dealkylation sites (tertiary alicyclic amines) is 2. The Bertz CT molecular complexity index is 489. The van der Waals surface area contributed by atoms with Crippen LogP contribution in [0.1, 0.15) is 32.6 Å². The highest BCUT2D eigenvalue weighted by Gasteiger charge is 2.63. The maximum atomic E-state index is 12.8. The van der Waals surface area contributed by atoms with Crippen LogP contribution in [0.2, 0.25) is 0 Å². The normalized spacial score (nSPS) is 39.8. The van der Waals surface area contributed by atoms with E-state index in [4.69, 9.17) is 4.74 Å². The van der Waals surface area contributed by atoms with Gasteiger partial charge in [0.2, 0.25) is 5.91 Å². The van der Waals surface area contributed by atoms with Crippen molar-refractivity contribution in [2.24, 2.45) is 17.8 Å². The summed E-state index contributed by atoms with van der Waals surface area (Å²) >= 11 is 0. The second-order valence-corrected chi connectivity index (χ2v) is 9.03. The van der Waals surface area contributed by atoms with Gasteiger partial charge < -0.3 is 14.5 Å². The number of nitrogens with zero attached hydrogens (tertiary/aromatic N) is 3. The summed E-state index contributed by atoms with van der Waals surface area (Å²) in [6, 6.07) is 0. The lowest BCUT2D eigenvalue weighted by molar-refractivity contribution is -0.133. The molecule has 24 heavy (non-hydrogen) atoms. The molecule has 136 valence electrons. The zero-order valence-corrected chi connectivity index (χ0v) is 15.5. The third-order valence-electron chi connectivity index (χ3n) is 6.95. The summed E-state index contributed by atoms with van der Waals surface area (Å²) in [5.41, 5.74) is -0.0165. The molecule has 0 radical (unpaired) electrons. The molecule has 0 saturated carbocycles. The molecule has 2 bridgehead atoms. The Morgan fingerprint density at radius 1 is 1.25 bits per heavy atom. The fourth-order valence-electron chi connectivity index (χ4n) is 5.56. The zero-order chi connectivity index (χ0) is 16.9. The van der Waals surface area contributed by atoms with Crippen molar-refractivity contribution in [1.29, 1.82) is 0 Å². The molecule has 1 spiro atoms. The molecule has 0 aromatic carbocycles. The first-order valence-corrected chi connectivity index (χ1v) is 9.79. The van der Waals surface area contributed by atoms with Crippen molar-refractivity contribution in [3.63, 3.8) is 0 Å². The van der Waals surface area contributed by atoms with Crippen LogP contribution >= 0.6 is 0 Å². The first-order valence-electron chi connectivity index (χ1n) is 9.79. The van der Waals surface area contributed by atoms with Crippen LogP contribution in [0.4, 0.5) is 0 Å². The van der Waals surface area contributed by atoms with Crippen molar-refractivity contribution in [2.45, 2.75) is 44.3 Å². The molecule has 0 unspecified atom stereocenters. The highest BCUT2D eigenvalue weighted by atomic mass is 16.5. The van der Waals surface area contributed by atoms with Crippen molar-refractivity contribution in [3.05, 3.63) is 0 Å².